The summed E-state index contributed by atoms with van der Waals surface area (Å²) in [6.07, 6.45) is 2.36. The first-order valence-electron chi connectivity index (χ1n) is 5.49. The van der Waals surface area contributed by atoms with Gasteiger partial charge in [0, 0.05) is 5.39 Å². The van der Waals surface area contributed by atoms with Crippen molar-refractivity contribution in [3.8, 4) is 5.69 Å². The van der Waals surface area contributed by atoms with Crippen molar-refractivity contribution in [2.75, 3.05) is 0 Å². The van der Waals surface area contributed by atoms with Crippen molar-refractivity contribution >= 4 is 16.9 Å². The number of aromatic carboxylic acids is 1. The van der Waals surface area contributed by atoms with Gasteiger partial charge in [-0.1, -0.05) is 6.07 Å². The Morgan fingerprint density at radius 3 is 2.79 bits per heavy atom. The van der Waals surface area contributed by atoms with Crippen LogP contribution in [0.15, 0.2) is 42.7 Å². The van der Waals surface area contributed by atoms with E-state index >= 15 is 0 Å². The quantitative estimate of drug-likeness (QED) is 0.764. The standard InChI is InChI=1S/C13H8FN3O2/c14-8-6-15-17(7-8)12-3-1-2-10-9(12)4-5-11(16-10)13(18)19/h1-7H,(H,18,19). The molecule has 1 aromatic carbocycles. The van der Waals surface area contributed by atoms with Gasteiger partial charge in [0.1, 0.15) is 5.69 Å². The fourth-order valence-corrected chi connectivity index (χ4v) is 1.89. The predicted octanol–water partition coefficient (Wildman–Crippen LogP) is 2.26. The molecule has 5 nitrogen and oxygen atoms in total. The molecule has 2 aromatic heterocycles. The number of hydrogen-bond donors (Lipinski definition) is 1. The highest BCUT2D eigenvalue weighted by molar-refractivity contribution is 5.92. The summed E-state index contributed by atoms with van der Waals surface area (Å²) < 4.78 is 14.4. The monoisotopic (exact) mass is 257 g/mol. The maximum Gasteiger partial charge on any atom is 0.354 e. The molecule has 0 atom stereocenters. The van der Waals surface area contributed by atoms with Gasteiger partial charge in [0.25, 0.3) is 0 Å². The Balaban J connectivity index is 2.24. The zero-order valence-electron chi connectivity index (χ0n) is 9.62. The molecule has 0 amide bonds. The molecule has 0 aliphatic heterocycles. The molecule has 3 rings (SSSR count). The third kappa shape index (κ3) is 1.93. The van der Waals surface area contributed by atoms with Crippen LogP contribution in [0.4, 0.5) is 4.39 Å². The minimum Gasteiger partial charge on any atom is -0.477 e. The lowest BCUT2D eigenvalue weighted by Crippen LogP contribution is -2.01. The van der Waals surface area contributed by atoms with Gasteiger partial charge in [0.05, 0.1) is 23.6 Å². The van der Waals surface area contributed by atoms with Gasteiger partial charge in [-0.15, -0.1) is 0 Å². The second-order valence-corrected chi connectivity index (χ2v) is 3.95. The van der Waals surface area contributed by atoms with Crippen LogP contribution in [0.3, 0.4) is 0 Å². The zero-order chi connectivity index (χ0) is 13.4. The molecule has 0 spiro atoms. The van der Waals surface area contributed by atoms with Crippen molar-refractivity contribution in [3.63, 3.8) is 0 Å². The number of hydrogen-bond acceptors (Lipinski definition) is 3. The van der Waals surface area contributed by atoms with Crippen molar-refractivity contribution in [2.45, 2.75) is 0 Å². The minimum absolute atomic E-state index is 0.0312. The molecule has 0 fully saturated rings. The van der Waals surface area contributed by atoms with Gasteiger partial charge in [-0.05, 0) is 24.3 Å². The zero-order valence-corrected chi connectivity index (χ0v) is 9.62. The Bertz CT molecular complexity index is 782. The number of halogens is 1. The van der Waals surface area contributed by atoms with Crippen molar-refractivity contribution in [3.05, 3.63) is 54.2 Å². The Labute approximate surface area is 106 Å². The lowest BCUT2D eigenvalue weighted by atomic mass is 10.1. The van der Waals surface area contributed by atoms with Gasteiger partial charge in [-0.3, -0.25) is 0 Å². The average Bonchev–Trinajstić information content (AvgIpc) is 2.84. The summed E-state index contributed by atoms with van der Waals surface area (Å²) in [5.41, 5.74) is 1.13. The summed E-state index contributed by atoms with van der Waals surface area (Å²) >= 11 is 0. The molecule has 19 heavy (non-hydrogen) atoms. The molecule has 3 aromatic rings. The first-order chi connectivity index (χ1) is 9.15. The summed E-state index contributed by atoms with van der Waals surface area (Å²) in [4.78, 5) is 14.9. The molecule has 94 valence electrons. The Morgan fingerprint density at radius 2 is 2.11 bits per heavy atom. The van der Waals surface area contributed by atoms with Crippen molar-refractivity contribution < 1.29 is 14.3 Å². The number of aromatic nitrogens is 3. The summed E-state index contributed by atoms with van der Waals surface area (Å²) in [6, 6.07) is 8.23. The normalized spacial score (nSPS) is 10.8. The molecule has 2 heterocycles. The summed E-state index contributed by atoms with van der Waals surface area (Å²) in [7, 11) is 0. The van der Waals surface area contributed by atoms with Crippen LogP contribution in [-0.4, -0.2) is 25.8 Å². The van der Waals surface area contributed by atoms with Crippen LogP contribution in [0, 0.1) is 5.82 Å². The molecule has 0 aliphatic rings. The predicted molar refractivity (Wildman–Crippen MR) is 65.8 cm³/mol. The van der Waals surface area contributed by atoms with Gasteiger partial charge in [-0.25, -0.2) is 18.9 Å². The van der Waals surface area contributed by atoms with Gasteiger partial charge < -0.3 is 5.11 Å². The van der Waals surface area contributed by atoms with Crippen LogP contribution in [-0.2, 0) is 0 Å². The van der Waals surface area contributed by atoms with E-state index in [-0.39, 0.29) is 5.69 Å². The topological polar surface area (TPSA) is 68.0 Å². The fraction of sp³-hybridized carbons (Fsp3) is 0. The number of nitrogens with zero attached hydrogens (tertiary/aromatic N) is 3. The Kier molecular flexibility index (Phi) is 2.49. The minimum atomic E-state index is -1.09. The second kappa shape index (κ2) is 4.16. The number of benzene rings is 1. The van der Waals surface area contributed by atoms with Gasteiger partial charge in [0.2, 0.25) is 0 Å². The van der Waals surface area contributed by atoms with Crippen molar-refractivity contribution in [1.82, 2.24) is 14.8 Å². The van der Waals surface area contributed by atoms with E-state index in [4.69, 9.17) is 5.11 Å². The van der Waals surface area contributed by atoms with E-state index in [2.05, 4.69) is 10.1 Å². The number of carbonyl (C=O) groups is 1. The summed E-state index contributed by atoms with van der Waals surface area (Å²) in [5, 5.41) is 13.5. The molecular formula is C13H8FN3O2. The van der Waals surface area contributed by atoms with E-state index in [1.165, 1.54) is 16.9 Å². The molecule has 0 aliphatic carbocycles. The van der Waals surface area contributed by atoms with Gasteiger partial charge in [0.15, 0.2) is 5.82 Å². The molecule has 6 heteroatoms. The van der Waals surface area contributed by atoms with E-state index in [1.54, 1.807) is 24.3 Å². The molecule has 0 unspecified atom stereocenters. The van der Waals surface area contributed by atoms with E-state index in [1.807, 2.05) is 0 Å². The Hall–Kier alpha value is -2.76. The third-order valence-corrected chi connectivity index (χ3v) is 2.73. The van der Waals surface area contributed by atoms with E-state index in [0.29, 0.717) is 16.6 Å². The van der Waals surface area contributed by atoms with Gasteiger partial charge >= 0.3 is 5.97 Å². The molecule has 0 saturated carbocycles. The largest absolute Gasteiger partial charge is 0.477 e. The van der Waals surface area contributed by atoms with Crippen LogP contribution in [0.5, 0.6) is 0 Å². The van der Waals surface area contributed by atoms with Gasteiger partial charge in [-0.2, -0.15) is 5.10 Å². The van der Waals surface area contributed by atoms with Crippen LogP contribution < -0.4 is 0 Å². The lowest BCUT2D eigenvalue weighted by Gasteiger charge is -2.06. The van der Waals surface area contributed by atoms with E-state index < -0.39 is 11.8 Å². The van der Waals surface area contributed by atoms with Crippen LogP contribution in [0.25, 0.3) is 16.6 Å². The second-order valence-electron chi connectivity index (χ2n) is 3.95. The highest BCUT2D eigenvalue weighted by Gasteiger charge is 2.09. The Morgan fingerprint density at radius 1 is 1.26 bits per heavy atom. The maximum atomic E-state index is 13.0. The molecule has 0 radical (unpaired) electrons. The number of fused-ring (bicyclic) bond motifs is 1. The van der Waals surface area contributed by atoms with Crippen LogP contribution in [0.2, 0.25) is 0 Å². The van der Waals surface area contributed by atoms with Crippen LogP contribution >= 0.6 is 0 Å². The average molecular weight is 257 g/mol. The molecule has 0 bridgehead atoms. The van der Waals surface area contributed by atoms with Crippen molar-refractivity contribution in [1.29, 1.82) is 0 Å². The SMILES string of the molecule is O=C(O)c1ccc2c(-n3cc(F)cn3)cccc2n1. The summed E-state index contributed by atoms with van der Waals surface area (Å²) in [6.45, 7) is 0. The first kappa shape index (κ1) is 11.3. The van der Waals surface area contributed by atoms with Crippen LogP contribution in [0.1, 0.15) is 10.5 Å². The number of carboxylic acids is 1. The van der Waals surface area contributed by atoms with Crippen molar-refractivity contribution in [2.24, 2.45) is 0 Å². The smallest absolute Gasteiger partial charge is 0.354 e. The molecular weight excluding hydrogens is 249 g/mol. The number of carboxylic acid groups (broad SMARTS) is 1. The lowest BCUT2D eigenvalue weighted by molar-refractivity contribution is 0.0691. The highest BCUT2D eigenvalue weighted by atomic mass is 19.1. The summed E-state index contributed by atoms with van der Waals surface area (Å²) in [5.74, 6) is -1.52. The third-order valence-electron chi connectivity index (χ3n) is 2.73. The number of pyridine rings is 1. The van der Waals surface area contributed by atoms with E-state index in [0.717, 1.165) is 6.20 Å². The first-order valence-corrected chi connectivity index (χ1v) is 5.49. The molecule has 1 N–H and O–H groups in total. The highest BCUT2D eigenvalue weighted by Crippen LogP contribution is 2.21. The maximum absolute atomic E-state index is 13.0. The molecule has 0 saturated heterocycles. The number of rotatable bonds is 2. The van der Waals surface area contributed by atoms with E-state index in [9.17, 15) is 9.18 Å². The fourth-order valence-electron chi connectivity index (χ4n) is 1.89.